The zero-order valence-corrected chi connectivity index (χ0v) is 10.5. The molecule has 1 N–H and O–H groups in total. The van der Waals surface area contributed by atoms with E-state index in [0.29, 0.717) is 11.5 Å². The van der Waals surface area contributed by atoms with Crippen molar-refractivity contribution in [1.82, 2.24) is 5.32 Å². The van der Waals surface area contributed by atoms with Gasteiger partial charge in [0.05, 0.1) is 0 Å². The fraction of sp³-hybridized carbons (Fsp3) is 0.500. The van der Waals surface area contributed by atoms with Gasteiger partial charge in [0.1, 0.15) is 0 Å². The summed E-state index contributed by atoms with van der Waals surface area (Å²) in [5.41, 5.74) is 3.19. The first-order chi connectivity index (χ1) is 6.50. The molecule has 1 unspecified atom stereocenters. The molecule has 0 spiro atoms. The van der Waals surface area contributed by atoms with Gasteiger partial charge in [0, 0.05) is 17.1 Å². The number of halogens is 1. The van der Waals surface area contributed by atoms with E-state index in [0.717, 1.165) is 6.54 Å². The summed E-state index contributed by atoms with van der Waals surface area (Å²) in [5, 5.41) is 3.50. The molecule has 0 bridgehead atoms. The van der Waals surface area contributed by atoms with Crippen LogP contribution in [0.2, 0.25) is 0 Å². The summed E-state index contributed by atoms with van der Waals surface area (Å²) in [5.74, 6) is 0. The molecular weight excluding hydrogens is 238 g/mol. The molecule has 1 aliphatic rings. The van der Waals surface area contributed by atoms with E-state index >= 15 is 0 Å². The molecule has 1 saturated heterocycles. The first-order valence-electron chi connectivity index (χ1n) is 5.00. The van der Waals surface area contributed by atoms with Crippen LogP contribution in [0.25, 0.3) is 0 Å². The highest BCUT2D eigenvalue weighted by Crippen LogP contribution is 2.41. The SMILES string of the molecule is Cc1ccc(Br)cc1C1NCC1(C)C. The third kappa shape index (κ3) is 1.61. The Hall–Kier alpha value is -0.340. The van der Waals surface area contributed by atoms with E-state index in [9.17, 15) is 0 Å². The van der Waals surface area contributed by atoms with Crippen LogP contribution in [0.15, 0.2) is 22.7 Å². The Labute approximate surface area is 94.0 Å². The number of aryl methyl sites for hydroxylation is 1. The van der Waals surface area contributed by atoms with Crippen molar-refractivity contribution in [2.75, 3.05) is 6.54 Å². The van der Waals surface area contributed by atoms with E-state index in [1.54, 1.807) is 0 Å². The van der Waals surface area contributed by atoms with E-state index in [1.807, 2.05) is 0 Å². The third-order valence-electron chi connectivity index (χ3n) is 3.10. The number of rotatable bonds is 1. The number of hydrogen-bond donors (Lipinski definition) is 1. The van der Waals surface area contributed by atoms with E-state index in [4.69, 9.17) is 0 Å². The second-order valence-electron chi connectivity index (χ2n) is 4.80. The van der Waals surface area contributed by atoms with E-state index < -0.39 is 0 Å². The summed E-state index contributed by atoms with van der Waals surface area (Å²) in [6, 6.07) is 7.02. The minimum absolute atomic E-state index is 0.394. The Bertz CT molecular complexity index is 357. The van der Waals surface area contributed by atoms with Crippen LogP contribution in [0.3, 0.4) is 0 Å². The summed E-state index contributed by atoms with van der Waals surface area (Å²) in [6.45, 7) is 7.92. The molecule has 1 aromatic carbocycles. The molecule has 1 atom stereocenters. The molecule has 2 heteroatoms. The smallest absolute Gasteiger partial charge is 0.0387 e. The van der Waals surface area contributed by atoms with Crippen LogP contribution in [0, 0.1) is 12.3 Å². The molecule has 1 aliphatic heterocycles. The van der Waals surface area contributed by atoms with Gasteiger partial charge in [-0.25, -0.2) is 0 Å². The fourth-order valence-electron chi connectivity index (χ4n) is 2.07. The monoisotopic (exact) mass is 253 g/mol. The Kier molecular flexibility index (Phi) is 2.44. The van der Waals surface area contributed by atoms with Gasteiger partial charge < -0.3 is 5.32 Å². The van der Waals surface area contributed by atoms with Crippen LogP contribution in [-0.2, 0) is 0 Å². The highest BCUT2D eigenvalue weighted by molar-refractivity contribution is 9.10. The van der Waals surface area contributed by atoms with Gasteiger partial charge in [-0.05, 0) is 35.6 Å². The third-order valence-corrected chi connectivity index (χ3v) is 3.59. The summed E-state index contributed by atoms with van der Waals surface area (Å²) >= 11 is 3.53. The van der Waals surface area contributed by atoms with Crippen molar-refractivity contribution < 1.29 is 0 Å². The number of hydrogen-bond acceptors (Lipinski definition) is 1. The highest BCUT2D eigenvalue weighted by Gasteiger charge is 2.39. The molecule has 76 valence electrons. The van der Waals surface area contributed by atoms with Gasteiger partial charge in [0.15, 0.2) is 0 Å². The Morgan fingerprint density at radius 3 is 2.64 bits per heavy atom. The lowest BCUT2D eigenvalue weighted by molar-refractivity contribution is 0.128. The maximum atomic E-state index is 3.53. The Morgan fingerprint density at radius 1 is 1.43 bits per heavy atom. The van der Waals surface area contributed by atoms with E-state index in [2.05, 4.69) is 60.2 Å². The average Bonchev–Trinajstić information content (AvgIpc) is 2.10. The minimum atomic E-state index is 0.394. The molecule has 1 fully saturated rings. The van der Waals surface area contributed by atoms with Gasteiger partial charge in [0.25, 0.3) is 0 Å². The van der Waals surface area contributed by atoms with Crippen molar-refractivity contribution in [3.63, 3.8) is 0 Å². The molecule has 14 heavy (non-hydrogen) atoms. The summed E-state index contributed by atoms with van der Waals surface area (Å²) in [7, 11) is 0. The molecule has 0 aromatic heterocycles. The van der Waals surface area contributed by atoms with Crippen molar-refractivity contribution in [3.8, 4) is 0 Å². The number of benzene rings is 1. The summed E-state index contributed by atoms with van der Waals surface area (Å²) in [6.07, 6.45) is 0. The van der Waals surface area contributed by atoms with Crippen LogP contribution in [0.5, 0.6) is 0 Å². The van der Waals surface area contributed by atoms with Gasteiger partial charge in [-0.2, -0.15) is 0 Å². The molecule has 0 amide bonds. The van der Waals surface area contributed by atoms with Crippen LogP contribution >= 0.6 is 15.9 Å². The molecule has 1 aromatic rings. The average molecular weight is 254 g/mol. The Morgan fingerprint density at radius 2 is 2.14 bits per heavy atom. The number of nitrogens with one attached hydrogen (secondary N) is 1. The quantitative estimate of drug-likeness (QED) is 0.809. The first kappa shape index (κ1) is 10.2. The predicted molar refractivity (Wildman–Crippen MR) is 63.4 cm³/mol. The largest absolute Gasteiger partial charge is 0.309 e. The zero-order valence-electron chi connectivity index (χ0n) is 8.89. The molecule has 1 heterocycles. The lowest BCUT2D eigenvalue weighted by Gasteiger charge is -2.46. The summed E-state index contributed by atoms with van der Waals surface area (Å²) < 4.78 is 1.17. The van der Waals surface area contributed by atoms with Crippen molar-refractivity contribution in [3.05, 3.63) is 33.8 Å². The fourth-order valence-corrected chi connectivity index (χ4v) is 2.44. The van der Waals surface area contributed by atoms with Gasteiger partial charge in [-0.15, -0.1) is 0 Å². The molecule has 1 nitrogen and oxygen atoms in total. The maximum absolute atomic E-state index is 3.53. The zero-order chi connectivity index (χ0) is 10.3. The predicted octanol–water partition coefficient (Wildman–Crippen LogP) is 3.43. The van der Waals surface area contributed by atoms with Gasteiger partial charge in [-0.1, -0.05) is 35.8 Å². The Balaban J connectivity index is 2.37. The normalized spacial score (nSPS) is 24.4. The van der Waals surface area contributed by atoms with Crippen LogP contribution in [0.1, 0.15) is 31.0 Å². The molecule has 2 rings (SSSR count). The van der Waals surface area contributed by atoms with Crippen LogP contribution < -0.4 is 5.32 Å². The molecular formula is C12H16BrN. The van der Waals surface area contributed by atoms with Crippen LogP contribution in [0.4, 0.5) is 0 Å². The second kappa shape index (κ2) is 3.35. The lowest BCUT2D eigenvalue weighted by Crippen LogP contribution is -2.52. The molecule has 0 aliphatic carbocycles. The first-order valence-corrected chi connectivity index (χ1v) is 5.79. The van der Waals surface area contributed by atoms with Crippen molar-refractivity contribution >= 4 is 15.9 Å². The summed E-state index contributed by atoms with van der Waals surface area (Å²) in [4.78, 5) is 0. The van der Waals surface area contributed by atoms with Crippen molar-refractivity contribution in [2.45, 2.75) is 26.8 Å². The highest BCUT2D eigenvalue weighted by atomic mass is 79.9. The lowest BCUT2D eigenvalue weighted by atomic mass is 9.73. The van der Waals surface area contributed by atoms with E-state index in [1.165, 1.54) is 15.6 Å². The van der Waals surface area contributed by atoms with E-state index in [-0.39, 0.29) is 0 Å². The van der Waals surface area contributed by atoms with Crippen LogP contribution in [-0.4, -0.2) is 6.54 Å². The van der Waals surface area contributed by atoms with Gasteiger partial charge in [-0.3, -0.25) is 0 Å². The molecule has 0 saturated carbocycles. The van der Waals surface area contributed by atoms with Gasteiger partial charge in [0.2, 0.25) is 0 Å². The second-order valence-corrected chi connectivity index (χ2v) is 5.72. The topological polar surface area (TPSA) is 12.0 Å². The van der Waals surface area contributed by atoms with Crippen molar-refractivity contribution in [2.24, 2.45) is 5.41 Å². The van der Waals surface area contributed by atoms with Crippen molar-refractivity contribution in [1.29, 1.82) is 0 Å². The standard InChI is InChI=1S/C12H16BrN/c1-8-4-5-9(13)6-10(8)11-12(2,3)7-14-11/h4-6,11,14H,7H2,1-3H3. The minimum Gasteiger partial charge on any atom is -0.309 e. The maximum Gasteiger partial charge on any atom is 0.0387 e. The van der Waals surface area contributed by atoms with Gasteiger partial charge >= 0.3 is 0 Å². The molecule has 0 radical (unpaired) electrons.